The van der Waals surface area contributed by atoms with E-state index in [1.54, 1.807) is 12.1 Å². The molecule has 200 valence electrons. The molecule has 0 spiro atoms. The molecular weight excluding hydrogens is 525 g/mol. The van der Waals surface area contributed by atoms with Crippen LogP contribution in [0.5, 0.6) is 5.75 Å². The van der Waals surface area contributed by atoms with Gasteiger partial charge in [0, 0.05) is 54.8 Å². The third-order valence-electron chi connectivity index (χ3n) is 5.90. The van der Waals surface area contributed by atoms with Gasteiger partial charge >= 0.3 is 6.18 Å². The van der Waals surface area contributed by atoms with Crippen LogP contribution in [-0.2, 0) is 16.2 Å². The summed E-state index contributed by atoms with van der Waals surface area (Å²) in [6.07, 6.45) is -1.35. The topological polar surface area (TPSA) is 120 Å². The second kappa shape index (κ2) is 10.3. The molecule has 13 heteroatoms. The Labute approximate surface area is 216 Å². The van der Waals surface area contributed by atoms with Crippen LogP contribution in [0.3, 0.4) is 0 Å². The van der Waals surface area contributed by atoms with E-state index in [2.05, 4.69) is 4.98 Å². The number of aromatic nitrogens is 1. The number of alkyl halides is 3. The Bertz CT molecular complexity index is 1470. The van der Waals surface area contributed by atoms with Crippen LogP contribution in [0.2, 0.25) is 0 Å². The maximum absolute atomic E-state index is 13.6. The lowest BCUT2D eigenvalue weighted by Crippen LogP contribution is -2.48. The van der Waals surface area contributed by atoms with Crippen LogP contribution in [0.25, 0.3) is 11.1 Å². The Morgan fingerprint density at radius 3 is 2.16 bits per heavy atom. The van der Waals surface area contributed by atoms with E-state index in [1.165, 1.54) is 35.4 Å². The van der Waals surface area contributed by atoms with Gasteiger partial charge in [0.05, 0.1) is 18.0 Å². The highest BCUT2D eigenvalue weighted by atomic mass is 32.2. The molecule has 1 saturated heterocycles. The minimum Gasteiger partial charge on any atom is -0.506 e. The molecule has 2 amide bonds. The molecule has 2 heterocycles. The standard InChI is InChI=1S/C25H23F3N4O5S/c1-38(36,37)30-23(34)16-2-4-21(5-3-16)31-6-8-32(9-7-31)24(35)18-10-17(11-20(12-18)25(26,27)28)19-13-22(33)15-29-14-19/h2-5,10-15,33H,6-9H2,1H3,(H,30,34). The summed E-state index contributed by atoms with van der Waals surface area (Å²) in [6.45, 7) is 1.27. The van der Waals surface area contributed by atoms with Crippen LogP contribution < -0.4 is 9.62 Å². The molecule has 4 rings (SSSR count). The van der Waals surface area contributed by atoms with Crippen LogP contribution in [0.1, 0.15) is 26.3 Å². The predicted molar refractivity (Wildman–Crippen MR) is 133 cm³/mol. The van der Waals surface area contributed by atoms with Crippen molar-refractivity contribution in [1.82, 2.24) is 14.6 Å². The van der Waals surface area contributed by atoms with Gasteiger partial charge < -0.3 is 14.9 Å². The number of aromatic hydroxyl groups is 1. The van der Waals surface area contributed by atoms with Crippen LogP contribution in [0.15, 0.2) is 60.9 Å². The highest BCUT2D eigenvalue weighted by Crippen LogP contribution is 2.34. The molecule has 2 aromatic carbocycles. The van der Waals surface area contributed by atoms with E-state index in [0.29, 0.717) is 13.1 Å². The first-order valence-electron chi connectivity index (χ1n) is 11.3. The van der Waals surface area contributed by atoms with E-state index in [4.69, 9.17) is 0 Å². The smallest absolute Gasteiger partial charge is 0.416 e. The van der Waals surface area contributed by atoms with Crippen molar-refractivity contribution in [3.8, 4) is 16.9 Å². The molecular formula is C25H23F3N4O5S. The summed E-state index contributed by atoms with van der Waals surface area (Å²) in [5.41, 5.74) is 0.128. The molecule has 1 fully saturated rings. The Morgan fingerprint density at radius 2 is 1.58 bits per heavy atom. The molecule has 0 aliphatic carbocycles. The van der Waals surface area contributed by atoms with Crippen molar-refractivity contribution in [3.63, 3.8) is 0 Å². The van der Waals surface area contributed by atoms with Gasteiger partial charge in [-0.3, -0.25) is 14.6 Å². The number of piperazine rings is 1. The summed E-state index contributed by atoms with van der Waals surface area (Å²) in [4.78, 5) is 32.4. The lowest BCUT2D eigenvalue weighted by Gasteiger charge is -2.36. The minimum absolute atomic E-state index is 0.102. The number of nitrogens with zero attached hydrogens (tertiary/aromatic N) is 3. The number of nitrogens with one attached hydrogen (secondary N) is 1. The third kappa shape index (κ3) is 6.40. The van der Waals surface area contributed by atoms with Crippen molar-refractivity contribution in [2.75, 3.05) is 37.3 Å². The Hall–Kier alpha value is -4.13. The van der Waals surface area contributed by atoms with Gasteiger partial charge in [0.2, 0.25) is 10.0 Å². The third-order valence-corrected chi connectivity index (χ3v) is 6.46. The molecule has 1 aromatic heterocycles. The summed E-state index contributed by atoms with van der Waals surface area (Å²) in [6, 6.07) is 10.6. The molecule has 0 unspecified atom stereocenters. The second-order valence-electron chi connectivity index (χ2n) is 8.76. The normalized spacial score (nSPS) is 14.3. The minimum atomic E-state index is -4.68. The van der Waals surface area contributed by atoms with Gasteiger partial charge in [-0.2, -0.15) is 13.2 Å². The molecule has 1 aliphatic heterocycles. The van der Waals surface area contributed by atoms with Gasteiger partial charge in [-0.15, -0.1) is 0 Å². The number of carbonyl (C=O) groups excluding carboxylic acids is 2. The fourth-order valence-electron chi connectivity index (χ4n) is 4.07. The monoisotopic (exact) mass is 548 g/mol. The molecule has 0 bridgehead atoms. The summed E-state index contributed by atoms with van der Waals surface area (Å²) in [5.74, 6) is -1.53. The highest BCUT2D eigenvalue weighted by molar-refractivity contribution is 7.89. The van der Waals surface area contributed by atoms with Gasteiger partial charge in [0.1, 0.15) is 5.75 Å². The zero-order valence-electron chi connectivity index (χ0n) is 20.1. The molecule has 2 N–H and O–H groups in total. The number of anilines is 1. The van der Waals surface area contributed by atoms with Gasteiger partial charge in [-0.05, 0) is 54.1 Å². The molecule has 3 aromatic rings. The number of carbonyl (C=O) groups is 2. The lowest BCUT2D eigenvalue weighted by molar-refractivity contribution is -0.137. The molecule has 1 aliphatic rings. The van der Waals surface area contributed by atoms with E-state index in [9.17, 15) is 36.3 Å². The maximum Gasteiger partial charge on any atom is 0.416 e. The van der Waals surface area contributed by atoms with Crippen molar-refractivity contribution in [2.24, 2.45) is 0 Å². The zero-order valence-corrected chi connectivity index (χ0v) is 20.9. The first-order valence-corrected chi connectivity index (χ1v) is 13.2. The van der Waals surface area contributed by atoms with Crippen LogP contribution >= 0.6 is 0 Å². The molecule has 0 atom stereocenters. The fourth-order valence-corrected chi connectivity index (χ4v) is 4.52. The van der Waals surface area contributed by atoms with Crippen molar-refractivity contribution in [1.29, 1.82) is 0 Å². The largest absolute Gasteiger partial charge is 0.506 e. The maximum atomic E-state index is 13.6. The fraction of sp³-hybridized carbons (Fsp3) is 0.240. The Balaban J connectivity index is 1.48. The number of halogens is 3. The second-order valence-corrected chi connectivity index (χ2v) is 10.5. The average molecular weight is 549 g/mol. The van der Waals surface area contributed by atoms with E-state index in [1.807, 2.05) is 9.62 Å². The van der Waals surface area contributed by atoms with E-state index < -0.39 is 33.6 Å². The van der Waals surface area contributed by atoms with Crippen molar-refractivity contribution < 1.29 is 36.3 Å². The van der Waals surface area contributed by atoms with E-state index in [-0.39, 0.29) is 41.1 Å². The number of hydrogen-bond acceptors (Lipinski definition) is 7. The molecule has 0 radical (unpaired) electrons. The summed E-state index contributed by atoms with van der Waals surface area (Å²) in [7, 11) is -3.69. The van der Waals surface area contributed by atoms with Crippen LogP contribution in [-0.4, -0.2) is 67.7 Å². The Kier molecular flexibility index (Phi) is 7.31. The lowest BCUT2D eigenvalue weighted by atomic mass is 9.99. The number of rotatable bonds is 5. The van der Waals surface area contributed by atoms with Gasteiger partial charge in [0.15, 0.2) is 0 Å². The average Bonchev–Trinajstić information content (AvgIpc) is 2.87. The molecule has 9 nitrogen and oxygen atoms in total. The van der Waals surface area contributed by atoms with Crippen molar-refractivity contribution >= 4 is 27.5 Å². The summed E-state index contributed by atoms with van der Waals surface area (Å²) >= 11 is 0. The number of amides is 2. The van der Waals surface area contributed by atoms with Crippen LogP contribution in [0, 0.1) is 0 Å². The quantitative estimate of drug-likeness (QED) is 0.503. The number of pyridine rings is 1. The number of hydrogen-bond donors (Lipinski definition) is 2. The Morgan fingerprint density at radius 1 is 0.921 bits per heavy atom. The first kappa shape index (κ1) is 26.9. The van der Waals surface area contributed by atoms with Gasteiger partial charge in [0.25, 0.3) is 11.8 Å². The summed E-state index contributed by atoms with van der Waals surface area (Å²) < 4.78 is 65.2. The molecule has 38 heavy (non-hydrogen) atoms. The first-order chi connectivity index (χ1) is 17.8. The number of benzene rings is 2. The summed E-state index contributed by atoms with van der Waals surface area (Å²) in [5, 5.41) is 9.68. The SMILES string of the molecule is CS(=O)(=O)NC(=O)c1ccc(N2CCN(C(=O)c3cc(-c4cncc(O)c4)cc(C(F)(F)F)c3)CC2)cc1. The van der Waals surface area contributed by atoms with E-state index in [0.717, 1.165) is 30.3 Å². The van der Waals surface area contributed by atoms with Crippen LogP contribution in [0.4, 0.5) is 18.9 Å². The predicted octanol–water partition coefficient (Wildman–Crippen LogP) is 3.12. The molecule has 0 saturated carbocycles. The van der Waals surface area contributed by atoms with E-state index >= 15 is 0 Å². The van der Waals surface area contributed by atoms with Crippen molar-refractivity contribution in [2.45, 2.75) is 6.18 Å². The number of sulfonamides is 1. The zero-order chi connectivity index (χ0) is 27.7. The van der Waals surface area contributed by atoms with Gasteiger partial charge in [-0.25, -0.2) is 13.1 Å². The van der Waals surface area contributed by atoms with Gasteiger partial charge in [-0.1, -0.05) is 0 Å². The van der Waals surface area contributed by atoms with Crippen molar-refractivity contribution in [3.05, 3.63) is 77.6 Å². The highest BCUT2D eigenvalue weighted by Gasteiger charge is 2.33.